The van der Waals surface area contributed by atoms with Crippen LogP contribution in [0, 0.1) is 0 Å². The second-order valence-electron chi connectivity index (χ2n) is 7.36. The summed E-state index contributed by atoms with van der Waals surface area (Å²) in [5, 5.41) is 10.1. The van der Waals surface area contributed by atoms with E-state index >= 15 is 0 Å². The molecule has 0 bridgehead atoms. The Kier molecular flexibility index (Phi) is 7.90. The molecule has 0 aliphatic carbocycles. The van der Waals surface area contributed by atoms with E-state index in [1.54, 1.807) is 12.2 Å². The number of carbonyl (C=O) groups is 3. The van der Waals surface area contributed by atoms with E-state index < -0.39 is 24.0 Å². The molecule has 1 aliphatic heterocycles. The van der Waals surface area contributed by atoms with E-state index in [1.807, 2.05) is 31.2 Å². The van der Waals surface area contributed by atoms with Crippen LogP contribution in [0.2, 0.25) is 0 Å². The minimum absolute atomic E-state index is 0.105. The standard InChI is InChI=1S/C24H23F3N4O4/c1-3-15-7-5-6-8-19(15)28-14-18-20(13-21(32)35-4-2)30-31(22(18)33)17-11-9-16(10-12-17)29-23(34)24(25,26)27/h5-12,14,28H,3-4,13H2,1-2H3,(H,29,34). The number of nitrogens with one attached hydrogen (secondary N) is 2. The first-order chi connectivity index (χ1) is 16.6. The lowest BCUT2D eigenvalue weighted by Gasteiger charge is -2.13. The van der Waals surface area contributed by atoms with Gasteiger partial charge in [-0.25, -0.2) is 0 Å². The summed E-state index contributed by atoms with van der Waals surface area (Å²) in [6, 6.07) is 12.6. The monoisotopic (exact) mass is 488 g/mol. The Morgan fingerprint density at radius 3 is 2.40 bits per heavy atom. The third-order valence-electron chi connectivity index (χ3n) is 4.97. The lowest BCUT2D eigenvalue weighted by molar-refractivity contribution is -0.167. The first-order valence-electron chi connectivity index (χ1n) is 10.7. The fourth-order valence-corrected chi connectivity index (χ4v) is 3.26. The molecule has 0 atom stereocenters. The molecule has 0 saturated carbocycles. The largest absolute Gasteiger partial charge is 0.471 e. The number of aryl methyl sites for hydroxylation is 1. The molecule has 0 aromatic heterocycles. The fourth-order valence-electron chi connectivity index (χ4n) is 3.26. The van der Waals surface area contributed by atoms with Gasteiger partial charge in [-0.05, 0) is 49.2 Å². The number of alkyl halides is 3. The molecule has 0 fully saturated rings. The second kappa shape index (κ2) is 10.9. The van der Waals surface area contributed by atoms with Crippen LogP contribution in [-0.2, 0) is 25.5 Å². The van der Waals surface area contributed by atoms with Crippen LogP contribution in [0.5, 0.6) is 0 Å². The molecule has 0 radical (unpaired) electrons. The molecule has 184 valence electrons. The van der Waals surface area contributed by atoms with Crippen molar-refractivity contribution in [3.63, 3.8) is 0 Å². The summed E-state index contributed by atoms with van der Waals surface area (Å²) in [4.78, 5) is 36.4. The Labute approximate surface area is 199 Å². The molecule has 35 heavy (non-hydrogen) atoms. The van der Waals surface area contributed by atoms with Gasteiger partial charge < -0.3 is 15.4 Å². The molecule has 1 aliphatic rings. The van der Waals surface area contributed by atoms with Crippen LogP contribution >= 0.6 is 0 Å². The fraction of sp³-hybridized carbons (Fsp3) is 0.250. The zero-order valence-electron chi connectivity index (χ0n) is 19.0. The van der Waals surface area contributed by atoms with E-state index in [0.717, 1.165) is 22.7 Å². The Morgan fingerprint density at radius 1 is 1.09 bits per heavy atom. The van der Waals surface area contributed by atoms with Gasteiger partial charge in [0.15, 0.2) is 0 Å². The molecule has 11 heteroatoms. The van der Waals surface area contributed by atoms with Crippen LogP contribution in [0.25, 0.3) is 0 Å². The Bertz CT molecular complexity index is 1170. The van der Waals surface area contributed by atoms with Crippen molar-refractivity contribution < 1.29 is 32.3 Å². The quantitative estimate of drug-likeness (QED) is 0.424. The number of halogens is 3. The van der Waals surface area contributed by atoms with Crippen LogP contribution in [0.15, 0.2) is 65.4 Å². The van der Waals surface area contributed by atoms with Gasteiger partial charge in [-0.3, -0.25) is 14.4 Å². The first kappa shape index (κ1) is 25.5. The maximum atomic E-state index is 13.2. The zero-order valence-corrected chi connectivity index (χ0v) is 19.0. The highest BCUT2D eigenvalue weighted by Gasteiger charge is 2.38. The minimum Gasteiger partial charge on any atom is -0.466 e. The number of nitrogens with zero attached hydrogens (tertiary/aromatic N) is 2. The van der Waals surface area contributed by atoms with Gasteiger partial charge in [-0.15, -0.1) is 0 Å². The molecule has 8 nitrogen and oxygen atoms in total. The van der Waals surface area contributed by atoms with Crippen molar-refractivity contribution in [1.29, 1.82) is 0 Å². The number of carbonyl (C=O) groups excluding carboxylic acids is 3. The minimum atomic E-state index is -5.03. The predicted octanol–water partition coefficient (Wildman–Crippen LogP) is 4.40. The van der Waals surface area contributed by atoms with Crippen LogP contribution < -0.4 is 15.6 Å². The molecule has 3 rings (SSSR count). The van der Waals surface area contributed by atoms with Crippen molar-refractivity contribution in [2.24, 2.45) is 5.10 Å². The Balaban J connectivity index is 1.87. The van der Waals surface area contributed by atoms with Crippen molar-refractivity contribution in [2.45, 2.75) is 32.9 Å². The van der Waals surface area contributed by atoms with Gasteiger partial charge >= 0.3 is 18.1 Å². The maximum absolute atomic E-state index is 13.2. The van der Waals surface area contributed by atoms with Gasteiger partial charge in [0.05, 0.1) is 30.0 Å². The average molecular weight is 488 g/mol. The molecular weight excluding hydrogens is 465 g/mol. The number of hydrazone groups is 1. The number of anilines is 3. The summed E-state index contributed by atoms with van der Waals surface area (Å²) in [5.74, 6) is -3.22. The van der Waals surface area contributed by atoms with Crippen LogP contribution in [0.1, 0.15) is 25.8 Å². The number of rotatable bonds is 8. The molecule has 2 aromatic carbocycles. The summed E-state index contributed by atoms with van der Waals surface area (Å²) in [6.07, 6.45) is -3.06. The number of hydrogen-bond acceptors (Lipinski definition) is 6. The van der Waals surface area contributed by atoms with Gasteiger partial charge in [0.2, 0.25) is 0 Å². The highest BCUT2D eigenvalue weighted by atomic mass is 19.4. The molecule has 2 amide bonds. The average Bonchev–Trinajstić information content (AvgIpc) is 3.12. The summed E-state index contributed by atoms with van der Waals surface area (Å²) in [6.45, 7) is 3.81. The van der Waals surface area contributed by atoms with E-state index in [2.05, 4.69) is 10.4 Å². The molecule has 0 unspecified atom stereocenters. The molecule has 0 spiro atoms. The first-order valence-corrected chi connectivity index (χ1v) is 10.7. The summed E-state index contributed by atoms with van der Waals surface area (Å²) < 4.78 is 42.4. The van der Waals surface area contributed by atoms with Crippen molar-refractivity contribution in [3.8, 4) is 0 Å². The summed E-state index contributed by atoms with van der Waals surface area (Å²) >= 11 is 0. The highest BCUT2D eigenvalue weighted by molar-refractivity contribution is 6.32. The summed E-state index contributed by atoms with van der Waals surface area (Å²) in [7, 11) is 0. The highest BCUT2D eigenvalue weighted by Crippen LogP contribution is 2.27. The Hall–Kier alpha value is -4.15. The van der Waals surface area contributed by atoms with E-state index in [1.165, 1.54) is 30.5 Å². The summed E-state index contributed by atoms with van der Waals surface area (Å²) in [5.41, 5.74) is 2.24. The van der Waals surface area contributed by atoms with Crippen LogP contribution in [0.3, 0.4) is 0 Å². The van der Waals surface area contributed by atoms with Crippen molar-refractivity contribution in [1.82, 2.24) is 0 Å². The van der Waals surface area contributed by atoms with Gasteiger partial charge in [0, 0.05) is 17.6 Å². The molecule has 1 heterocycles. The molecular formula is C24H23F3N4O4. The van der Waals surface area contributed by atoms with E-state index in [-0.39, 0.29) is 35.7 Å². The molecule has 2 aromatic rings. The van der Waals surface area contributed by atoms with E-state index in [0.29, 0.717) is 0 Å². The van der Waals surface area contributed by atoms with Crippen molar-refractivity contribution in [2.75, 3.05) is 22.2 Å². The third-order valence-corrected chi connectivity index (χ3v) is 4.97. The van der Waals surface area contributed by atoms with Crippen LogP contribution in [-0.4, -0.2) is 36.3 Å². The normalized spacial score (nSPS) is 14.7. The van der Waals surface area contributed by atoms with Crippen molar-refractivity contribution in [3.05, 3.63) is 65.9 Å². The third kappa shape index (κ3) is 6.25. The lowest BCUT2D eigenvalue weighted by Crippen LogP contribution is -2.29. The number of ether oxygens (including phenoxy) is 1. The van der Waals surface area contributed by atoms with Crippen LogP contribution in [0.4, 0.5) is 30.2 Å². The number of hydrogen-bond donors (Lipinski definition) is 2. The van der Waals surface area contributed by atoms with Gasteiger partial charge in [-0.1, -0.05) is 25.1 Å². The van der Waals surface area contributed by atoms with Gasteiger partial charge in [0.25, 0.3) is 5.91 Å². The number of esters is 1. The zero-order chi connectivity index (χ0) is 25.6. The SMILES string of the molecule is CCOC(=O)CC1=NN(c2ccc(NC(=O)C(F)(F)F)cc2)C(=O)C1=CNc1ccccc1CC. The topological polar surface area (TPSA) is 100 Å². The van der Waals surface area contributed by atoms with Gasteiger partial charge in [-0.2, -0.15) is 23.3 Å². The Morgan fingerprint density at radius 2 is 1.77 bits per heavy atom. The van der Waals surface area contributed by atoms with Crippen molar-refractivity contribution >= 4 is 40.6 Å². The smallest absolute Gasteiger partial charge is 0.466 e. The maximum Gasteiger partial charge on any atom is 0.471 e. The van der Waals surface area contributed by atoms with E-state index in [4.69, 9.17) is 4.74 Å². The molecule has 0 saturated heterocycles. The number of benzene rings is 2. The predicted molar refractivity (Wildman–Crippen MR) is 125 cm³/mol. The number of amides is 2. The lowest BCUT2D eigenvalue weighted by atomic mass is 10.1. The number of para-hydroxylation sites is 1. The molecule has 2 N–H and O–H groups in total. The second-order valence-corrected chi connectivity index (χ2v) is 7.36. The van der Waals surface area contributed by atoms with E-state index in [9.17, 15) is 27.6 Å². The van der Waals surface area contributed by atoms with Gasteiger partial charge in [0.1, 0.15) is 0 Å².